The molecule has 1 fully saturated rings. The van der Waals surface area contributed by atoms with E-state index < -0.39 is 29.6 Å². The van der Waals surface area contributed by atoms with E-state index >= 15 is 0 Å². The lowest BCUT2D eigenvalue weighted by Gasteiger charge is -2.28. The maximum Gasteiger partial charge on any atom is 0.418 e. The number of amides is 2. The maximum absolute atomic E-state index is 13.3. The number of cyclic esters (lactones) is 1. The Bertz CT molecular complexity index is 1200. The number of carbonyl (C=O) groups is 3. The molecule has 40 heavy (non-hydrogen) atoms. The van der Waals surface area contributed by atoms with Crippen molar-refractivity contribution in [1.29, 1.82) is 0 Å². The van der Waals surface area contributed by atoms with Gasteiger partial charge in [-0.25, -0.2) is 14.5 Å². The van der Waals surface area contributed by atoms with E-state index in [2.05, 4.69) is 6.92 Å². The molecule has 1 heterocycles. The highest BCUT2D eigenvalue weighted by atomic mass is 35.5. The lowest BCUT2D eigenvalue weighted by Crippen LogP contribution is -2.39. The fourth-order valence-electron chi connectivity index (χ4n) is 4.94. The summed E-state index contributed by atoms with van der Waals surface area (Å²) in [6.45, 7) is 7.50. The molecule has 0 radical (unpaired) electrons. The predicted molar refractivity (Wildman–Crippen MR) is 159 cm³/mol. The Kier molecular flexibility index (Phi) is 11.9. The lowest BCUT2D eigenvalue weighted by molar-refractivity contribution is -0.135. The van der Waals surface area contributed by atoms with Crippen LogP contribution in [0.15, 0.2) is 36.4 Å². The number of benzene rings is 2. The molecule has 3 rings (SSSR count). The van der Waals surface area contributed by atoms with Crippen LogP contribution in [0.5, 0.6) is 0 Å². The van der Waals surface area contributed by atoms with Crippen molar-refractivity contribution in [2.45, 2.75) is 104 Å². The SMILES string of the molecule is CCCCCCCCCCCCOC(=O)c1ccc(Cl)c(C(c2cc(C)ccc2Cl)N2C(=O)OC(C)(C)C2=O)c1. The Balaban J connectivity index is 1.71. The standard InChI is InChI=1S/C32H41Cl2NO5/c1-5-6-7-8-9-10-11-12-13-14-19-39-29(36)23-16-18-27(34)25(21-23)28(24-20-22(2)15-17-26(24)33)35-30(37)32(3,4)40-31(35)38/h15-18,20-21,28H,5-14,19H2,1-4H3. The number of unbranched alkanes of at least 4 members (excludes halogenated alkanes) is 9. The Morgan fingerprint density at radius 1 is 0.875 bits per heavy atom. The molecule has 218 valence electrons. The van der Waals surface area contributed by atoms with Crippen LogP contribution in [0.1, 0.15) is 118 Å². The first-order valence-electron chi connectivity index (χ1n) is 14.4. The summed E-state index contributed by atoms with van der Waals surface area (Å²) in [6, 6.07) is 9.06. The average Bonchev–Trinajstić information content (AvgIpc) is 3.11. The van der Waals surface area contributed by atoms with Gasteiger partial charge in [-0.3, -0.25) is 4.79 Å². The van der Waals surface area contributed by atoms with Crippen LogP contribution in [0.3, 0.4) is 0 Å². The van der Waals surface area contributed by atoms with Crippen LogP contribution in [0.4, 0.5) is 4.79 Å². The summed E-state index contributed by atoms with van der Waals surface area (Å²) in [5, 5.41) is 0.630. The molecule has 0 saturated carbocycles. The number of ether oxygens (including phenoxy) is 2. The van der Waals surface area contributed by atoms with Crippen molar-refractivity contribution >= 4 is 41.2 Å². The van der Waals surface area contributed by atoms with E-state index in [1.54, 1.807) is 30.3 Å². The normalized spacial score (nSPS) is 15.3. The van der Waals surface area contributed by atoms with Gasteiger partial charge in [0.15, 0.2) is 5.60 Å². The number of rotatable bonds is 15. The van der Waals surface area contributed by atoms with E-state index in [1.165, 1.54) is 58.8 Å². The number of carbonyl (C=O) groups excluding carboxylic acids is 3. The first kappa shape index (κ1) is 32.0. The number of imide groups is 1. The van der Waals surface area contributed by atoms with Crippen LogP contribution in [0.2, 0.25) is 10.0 Å². The molecule has 0 N–H and O–H groups in total. The first-order valence-corrected chi connectivity index (χ1v) is 15.1. The second-order valence-corrected chi connectivity index (χ2v) is 11.8. The number of aryl methyl sites for hydroxylation is 1. The number of esters is 1. The van der Waals surface area contributed by atoms with Gasteiger partial charge in [0.25, 0.3) is 5.91 Å². The third-order valence-electron chi connectivity index (χ3n) is 7.23. The van der Waals surface area contributed by atoms with Crippen molar-refractivity contribution in [3.8, 4) is 0 Å². The van der Waals surface area contributed by atoms with E-state index in [1.807, 2.05) is 13.0 Å². The molecule has 1 atom stereocenters. The van der Waals surface area contributed by atoms with Crippen LogP contribution in [-0.4, -0.2) is 35.1 Å². The van der Waals surface area contributed by atoms with Crippen molar-refractivity contribution in [3.63, 3.8) is 0 Å². The molecule has 1 aliphatic rings. The minimum atomic E-state index is -1.34. The summed E-state index contributed by atoms with van der Waals surface area (Å²) in [5.41, 5.74) is 0.698. The van der Waals surface area contributed by atoms with Gasteiger partial charge in [0, 0.05) is 10.0 Å². The molecule has 0 spiro atoms. The quantitative estimate of drug-likeness (QED) is 0.153. The van der Waals surface area contributed by atoms with Crippen molar-refractivity contribution in [2.24, 2.45) is 0 Å². The molecule has 0 aliphatic carbocycles. The van der Waals surface area contributed by atoms with Gasteiger partial charge in [0.2, 0.25) is 0 Å². The Morgan fingerprint density at radius 3 is 2.00 bits per heavy atom. The van der Waals surface area contributed by atoms with Crippen LogP contribution < -0.4 is 0 Å². The fraction of sp³-hybridized carbons (Fsp3) is 0.531. The second-order valence-electron chi connectivity index (χ2n) is 11.0. The number of halogens is 2. The van der Waals surface area contributed by atoms with Crippen LogP contribution in [0.25, 0.3) is 0 Å². The summed E-state index contributed by atoms with van der Waals surface area (Å²) >= 11 is 13.2. The molecular weight excluding hydrogens is 549 g/mol. The van der Waals surface area contributed by atoms with Gasteiger partial charge < -0.3 is 9.47 Å². The van der Waals surface area contributed by atoms with E-state index in [0.717, 1.165) is 29.7 Å². The zero-order valence-electron chi connectivity index (χ0n) is 24.1. The van der Waals surface area contributed by atoms with Gasteiger partial charge in [0.1, 0.15) is 0 Å². The third-order valence-corrected chi connectivity index (χ3v) is 7.92. The highest BCUT2D eigenvalue weighted by Gasteiger charge is 2.51. The van der Waals surface area contributed by atoms with Crippen molar-refractivity contribution in [3.05, 3.63) is 68.7 Å². The van der Waals surface area contributed by atoms with Crippen molar-refractivity contribution < 1.29 is 23.9 Å². The average molecular weight is 591 g/mol. The lowest BCUT2D eigenvalue weighted by atomic mass is 9.93. The van der Waals surface area contributed by atoms with E-state index in [4.69, 9.17) is 32.7 Å². The molecule has 8 heteroatoms. The number of hydrogen-bond acceptors (Lipinski definition) is 5. The van der Waals surface area contributed by atoms with Crippen molar-refractivity contribution in [2.75, 3.05) is 6.61 Å². The largest absolute Gasteiger partial charge is 0.462 e. The van der Waals surface area contributed by atoms with Gasteiger partial charge in [-0.15, -0.1) is 0 Å². The molecule has 1 saturated heterocycles. The zero-order valence-corrected chi connectivity index (χ0v) is 25.6. The predicted octanol–water partition coefficient (Wildman–Crippen LogP) is 9.23. The summed E-state index contributed by atoms with van der Waals surface area (Å²) in [5.74, 6) is -1.01. The van der Waals surface area contributed by atoms with Gasteiger partial charge >= 0.3 is 12.1 Å². The number of hydrogen-bond donors (Lipinski definition) is 0. The molecule has 0 bridgehead atoms. The molecular formula is C32H41Cl2NO5. The van der Waals surface area contributed by atoms with Gasteiger partial charge in [0.05, 0.1) is 18.2 Å². The summed E-state index contributed by atoms with van der Waals surface area (Å²) in [4.78, 5) is 40.2. The molecule has 2 amide bonds. The van der Waals surface area contributed by atoms with Gasteiger partial charge in [-0.1, -0.05) is 106 Å². The van der Waals surface area contributed by atoms with Gasteiger partial charge in [-0.05, 0) is 62.6 Å². The summed E-state index contributed by atoms with van der Waals surface area (Å²) in [7, 11) is 0. The first-order chi connectivity index (χ1) is 19.1. The van der Waals surface area contributed by atoms with E-state index in [-0.39, 0.29) is 10.6 Å². The summed E-state index contributed by atoms with van der Waals surface area (Å²) < 4.78 is 10.9. The van der Waals surface area contributed by atoms with Crippen LogP contribution in [-0.2, 0) is 14.3 Å². The zero-order chi connectivity index (χ0) is 29.3. The smallest absolute Gasteiger partial charge is 0.418 e. The molecule has 6 nitrogen and oxygen atoms in total. The Labute approximate surface area is 248 Å². The molecule has 1 aliphatic heterocycles. The monoisotopic (exact) mass is 589 g/mol. The second kappa shape index (κ2) is 14.9. The van der Waals surface area contributed by atoms with Crippen molar-refractivity contribution in [1.82, 2.24) is 4.90 Å². The topological polar surface area (TPSA) is 72.9 Å². The molecule has 0 aromatic heterocycles. The molecule has 2 aromatic carbocycles. The minimum Gasteiger partial charge on any atom is -0.462 e. The highest BCUT2D eigenvalue weighted by Crippen LogP contribution is 2.42. The maximum atomic E-state index is 13.3. The van der Waals surface area contributed by atoms with E-state index in [9.17, 15) is 14.4 Å². The number of nitrogens with zero attached hydrogens (tertiary/aromatic N) is 1. The summed E-state index contributed by atoms with van der Waals surface area (Å²) in [6.07, 6.45) is 11.1. The van der Waals surface area contributed by atoms with E-state index in [0.29, 0.717) is 22.8 Å². The Hall–Kier alpha value is -2.57. The molecule has 1 unspecified atom stereocenters. The van der Waals surface area contributed by atoms with Crippen LogP contribution >= 0.6 is 23.2 Å². The van der Waals surface area contributed by atoms with Crippen LogP contribution in [0, 0.1) is 6.92 Å². The fourth-order valence-corrected chi connectivity index (χ4v) is 5.38. The highest BCUT2D eigenvalue weighted by molar-refractivity contribution is 6.32. The third kappa shape index (κ3) is 8.23. The van der Waals surface area contributed by atoms with Gasteiger partial charge in [-0.2, -0.15) is 0 Å². The minimum absolute atomic E-state index is 0.277. The Morgan fingerprint density at radius 2 is 1.43 bits per heavy atom. The molecule has 2 aromatic rings.